The fourth-order valence-electron chi connectivity index (χ4n) is 0.783. The van der Waals surface area contributed by atoms with Gasteiger partial charge < -0.3 is 9.47 Å². The standard InChI is InChI=1S/C11H18O4/c1-4-6-10(12)14-7-8-15-11(13)9(3)5-2/h4,9H,1,5-8H2,2-3H3. The lowest BCUT2D eigenvalue weighted by Gasteiger charge is -2.09. The van der Waals surface area contributed by atoms with Gasteiger partial charge in [0.05, 0.1) is 12.3 Å². The Balaban J connectivity index is 3.50. The van der Waals surface area contributed by atoms with Crippen molar-refractivity contribution in [2.75, 3.05) is 13.2 Å². The molecule has 0 amide bonds. The van der Waals surface area contributed by atoms with Gasteiger partial charge in [-0.2, -0.15) is 0 Å². The van der Waals surface area contributed by atoms with Gasteiger partial charge in [0.2, 0.25) is 0 Å². The van der Waals surface area contributed by atoms with Crippen LogP contribution >= 0.6 is 0 Å². The van der Waals surface area contributed by atoms with Gasteiger partial charge in [0, 0.05) is 0 Å². The highest BCUT2D eigenvalue weighted by molar-refractivity contribution is 5.72. The molecule has 0 aromatic rings. The molecule has 0 aliphatic heterocycles. The lowest BCUT2D eigenvalue weighted by Crippen LogP contribution is -2.18. The number of rotatable bonds is 7. The first-order chi connectivity index (χ1) is 7.11. The summed E-state index contributed by atoms with van der Waals surface area (Å²) in [5, 5.41) is 0. The Hall–Kier alpha value is -1.32. The molecule has 0 spiro atoms. The Kier molecular flexibility index (Phi) is 7.32. The normalized spacial score (nSPS) is 11.6. The molecular formula is C11H18O4. The van der Waals surface area contributed by atoms with Gasteiger partial charge in [0.15, 0.2) is 0 Å². The molecule has 0 fully saturated rings. The second-order valence-corrected chi connectivity index (χ2v) is 3.19. The van der Waals surface area contributed by atoms with E-state index in [9.17, 15) is 9.59 Å². The van der Waals surface area contributed by atoms with E-state index in [4.69, 9.17) is 9.47 Å². The first kappa shape index (κ1) is 13.7. The summed E-state index contributed by atoms with van der Waals surface area (Å²) < 4.78 is 9.64. The quantitative estimate of drug-likeness (QED) is 0.367. The van der Waals surface area contributed by atoms with Gasteiger partial charge in [-0.1, -0.05) is 19.9 Å². The molecule has 4 nitrogen and oxygen atoms in total. The maximum atomic E-state index is 11.2. The van der Waals surface area contributed by atoms with Gasteiger partial charge in [0.1, 0.15) is 13.2 Å². The van der Waals surface area contributed by atoms with Crippen LogP contribution in [0.25, 0.3) is 0 Å². The van der Waals surface area contributed by atoms with Gasteiger partial charge in [-0.15, -0.1) is 6.58 Å². The van der Waals surface area contributed by atoms with Crippen LogP contribution in [0, 0.1) is 5.92 Å². The summed E-state index contributed by atoms with van der Waals surface area (Å²) in [6.45, 7) is 7.34. The molecule has 86 valence electrons. The molecule has 0 aliphatic carbocycles. The summed E-state index contributed by atoms with van der Waals surface area (Å²) in [6, 6.07) is 0. The van der Waals surface area contributed by atoms with Crippen LogP contribution in [0.1, 0.15) is 26.7 Å². The second kappa shape index (κ2) is 8.03. The van der Waals surface area contributed by atoms with E-state index in [1.165, 1.54) is 6.08 Å². The van der Waals surface area contributed by atoms with Gasteiger partial charge >= 0.3 is 11.9 Å². The molecule has 0 saturated carbocycles. The topological polar surface area (TPSA) is 52.6 Å². The summed E-state index contributed by atoms with van der Waals surface area (Å²) in [5.41, 5.74) is 0. The highest BCUT2D eigenvalue weighted by Gasteiger charge is 2.11. The average molecular weight is 214 g/mol. The first-order valence-corrected chi connectivity index (χ1v) is 5.05. The van der Waals surface area contributed by atoms with Gasteiger partial charge in [0.25, 0.3) is 0 Å². The predicted molar refractivity (Wildman–Crippen MR) is 56.2 cm³/mol. The minimum Gasteiger partial charge on any atom is -0.462 e. The zero-order valence-electron chi connectivity index (χ0n) is 9.32. The molecule has 0 saturated heterocycles. The molecule has 0 aliphatic rings. The molecule has 0 heterocycles. The Labute approximate surface area is 90.2 Å². The highest BCUT2D eigenvalue weighted by Crippen LogP contribution is 2.02. The van der Waals surface area contributed by atoms with Crippen molar-refractivity contribution in [3.05, 3.63) is 12.7 Å². The number of hydrogen-bond acceptors (Lipinski definition) is 4. The zero-order chi connectivity index (χ0) is 11.7. The van der Waals surface area contributed by atoms with Crippen molar-refractivity contribution in [2.24, 2.45) is 5.92 Å². The van der Waals surface area contributed by atoms with Crippen LogP contribution in [0.4, 0.5) is 0 Å². The zero-order valence-corrected chi connectivity index (χ0v) is 9.32. The van der Waals surface area contributed by atoms with E-state index in [0.717, 1.165) is 6.42 Å². The van der Waals surface area contributed by atoms with Crippen LogP contribution in [-0.4, -0.2) is 25.2 Å². The third kappa shape index (κ3) is 6.71. The molecular weight excluding hydrogens is 196 g/mol. The van der Waals surface area contributed by atoms with Gasteiger partial charge in [-0.05, 0) is 6.42 Å². The fraction of sp³-hybridized carbons (Fsp3) is 0.636. The summed E-state index contributed by atoms with van der Waals surface area (Å²) in [4.78, 5) is 22.0. The highest BCUT2D eigenvalue weighted by atomic mass is 16.6. The van der Waals surface area contributed by atoms with E-state index in [1.54, 1.807) is 6.92 Å². The van der Waals surface area contributed by atoms with E-state index >= 15 is 0 Å². The number of esters is 2. The van der Waals surface area contributed by atoms with Crippen molar-refractivity contribution in [3.63, 3.8) is 0 Å². The molecule has 0 aromatic carbocycles. The SMILES string of the molecule is C=CCC(=O)OCCOC(=O)C(C)CC. The summed E-state index contributed by atoms with van der Waals surface area (Å²) in [6.07, 6.45) is 2.39. The number of carbonyl (C=O) groups is 2. The molecule has 1 atom stereocenters. The first-order valence-electron chi connectivity index (χ1n) is 5.05. The number of hydrogen-bond donors (Lipinski definition) is 0. The summed E-state index contributed by atoms with van der Waals surface area (Å²) >= 11 is 0. The molecule has 0 radical (unpaired) electrons. The average Bonchev–Trinajstić information content (AvgIpc) is 2.23. The summed E-state index contributed by atoms with van der Waals surface area (Å²) in [7, 11) is 0. The Bertz CT molecular complexity index is 223. The van der Waals surface area contributed by atoms with Crippen molar-refractivity contribution in [1.82, 2.24) is 0 Å². The molecule has 4 heteroatoms. The van der Waals surface area contributed by atoms with Crippen LogP contribution in [0.2, 0.25) is 0 Å². The van der Waals surface area contributed by atoms with Crippen molar-refractivity contribution >= 4 is 11.9 Å². The maximum Gasteiger partial charge on any atom is 0.309 e. The Morgan fingerprint density at radius 1 is 1.33 bits per heavy atom. The molecule has 1 unspecified atom stereocenters. The van der Waals surface area contributed by atoms with E-state index < -0.39 is 0 Å². The van der Waals surface area contributed by atoms with E-state index in [-0.39, 0.29) is 37.5 Å². The smallest absolute Gasteiger partial charge is 0.309 e. The minimum atomic E-state index is -0.357. The fourth-order valence-corrected chi connectivity index (χ4v) is 0.783. The van der Waals surface area contributed by atoms with Crippen LogP contribution in [-0.2, 0) is 19.1 Å². The van der Waals surface area contributed by atoms with E-state index in [1.807, 2.05) is 6.92 Å². The van der Waals surface area contributed by atoms with Crippen LogP contribution < -0.4 is 0 Å². The molecule has 0 aromatic heterocycles. The van der Waals surface area contributed by atoms with Crippen molar-refractivity contribution in [1.29, 1.82) is 0 Å². The molecule has 0 N–H and O–H groups in total. The van der Waals surface area contributed by atoms with Crippen LogP contribution in [0.15, 0.2) is 12.7 Å². The second-order valence-electron chi connectivity index (χ2n) is 3.19. The lowest BCUT2D eigenvalue weighted by molar-refractivity contribution is -0.154. The van der Waals surface area contributed by atoms with Crippen molar-refractivity contribution < 1.29 is 19.1 Å². The summed E-state index contributed by atoms with van der Waals surface area (Å²) in [5.74, 6) is -0.712. The Morgan fingerprint density at radius 3 is 2.47 bits per heavy atom. The maximum absolute atomic E-state index is 11.2. The number of ether oxygens (including phenoxy) is 2. The molecule has 0 bridgehead atoms. The van der Waals surface area contributed by atoms with Crippen molar-refractivity contribution in [3.8, 4) is 0 Å². The molecule has 0 rings (SSSR count). The van der Waals surface area contributed by atoms with Gasteiger partial charge in [-0.25, -0.2) is 0 Å². The third-order valence-electron chi connectivity index (χ3n) is 1.92. The van der Waals surface area contributed by atoms with Gasteiger partial charge in [-0.3, -0.25) is 9.59 Å². The predicted octanol–water partition coefficient (Wildman–Crippen LogP) is 1.70. The third-order valence-corrected chi connectivity index (χ3v) is 1.92. The molecule has 15 heavy (non-hydrogen) atoms. The van der Waals surface area contributed by atoms with Crippen LogP contribution in [0.5, 0.6) is 0 Å². The largest absolute Gasteiger partial charge is 0.462 e. The van der Waals surface area contributed by atoms with Crippen LogP contribution in [0.3, 0.4) is 0 Å². The minimum absolute atomic E-state index is 0.103. The number of carbonyl (C=O) groups excluding carboxylic acids is 2. The van der Waals surface area contributed by atoms with Crippen molar-refractivity contribution in [2.45, 2.75) is 26.7 Å². The Morgan fingerprint density at radius 2 is 1.93 bits per heavy atom. The van der Waals surface area contributed by atoms with E-state index in [0.29, 0.717) is 0 Å². The lowest BCUT2D eigenvalue weighted by atomic mass is 10.1. The van der Waals surface area contributed by atoms with E-state index in [2.05, 4.69) is 6.58 Å². The monoisotopic (exact) mass is 214 g/mol.